The lowest BCUT2D eigenvalue weighted by molar-refractivity contribution is -0.385. The fraction of sp³-hybridized carbons (Fsp3) is 0.647. The fourth-order valence-corrected chi connectivity index (χ4v) is 3.56. The first-order valence-electron chi connectivity index (χ1n) is 8.92. The number of piperidine rings is 1. The van der Waals surface area contributed by atoms with E-state index in [2.05, 4.69) is 21.7 Å². The van der Waals surface area contributed by atoms with Crippen molar-refractivity contribution in [3.05, 3.63) is 28.4 Å². The monoisotopic (exact) mass is 347 g/mol. The molecular weight excluding hydrogens is 322 g/mol. The van der Waals surface area contributed by atoms with E-state index in [1.165, 1.54) is 18.7 Å². The van der Waals surface area contributed by atoms with Crippen molar-refractivity contribution in [3.8, 4) is 0 Å². The Morgan fingerprint density at radius 2 is 2.00 bits per heavy atom. The molecule has 1 aromatic heterocycles. The molecule has 3 rings (SSSR count). The Hall–Kier alpha value is -2.22. The number of nitrogens with zero attached hydrogens (tertiary/aromatic N) is 5. The average molecular weight is 347 g/mol. The molecule has 1 aromatic rings. The minimum absolute atomic E-state index is 0.00336. The number of amides is 1. The van der Waals surface area contributed by atoms with Crippen molar-refractivity contribution in [3.63, 3.8) is 0 Å². The van der Waals surface area contributed by atoms with Gasteiger partial charge in [-0.15, -0.1) is 0 Å². The van der Waals surface area contributed by atoms with Crippen LogP contribution >= 0.6 is 0 Å². The van der Waals surface area contributed by atoms with Gasteiger partial charge in [0.15, 0.2) is 0 Å². The minimum Gasteiger partial charge on any atom is -0.354 e. The Morgan fingerprint density at radius 1 is 1.24 bits per heavy atom. The van der Waals surface area contributed by atoms with Crippen LogP contribution < -0.4 is 4.90 Å². The van der Waals surface area contributed by atoms with Crippen molar-refractivity contribution >= 4 is 17.4 Å². The Balaban J connectivity index is 1.49. The van der Waals surface area contributed by atoms with Gasteiger partial charge >= 0.3 is 0 Å². The van der Waals surface area contributed by atoms with Gasteiger partial charge in [0, 0.05) is 44.8 Å². The standard InChI is InChI=1S/C17H25N5O3/c1-14-4-2-3-7-21(14)17(23)13-19-8-10-20(11-9-19)16-6-5-15(12-18-16)22(24)25/h5-6,12,14H,2-4,7-11,13H2,1H3. The number of carbonyl (C=O) groups excluding carboxylic acids is 1. The molecule has 136 valence electrons. The lowest BCUT2D eigenvalue weighted by atomic mass is 10.0. The van der Waals surface area contributed by atoms with Crippen molar-refractivity contribution in [1.82, 2.24) is 14.8 Å². The van der Waals surface area contributed by atoms with Crippen LogP contribution in [0.5, 0.6) is 0 Å². The van der Waals surface area contributed by atoms with E-state index in [-0.39, 0.29) is 11.6 Å². The molecule has 0 bridgehead atoms. The van der Waals surface area contributed by atoms with Gasteiger partial charge in [-0.05, 0) is 32.3 Å². The summed E-state index contributed by atoms with van der Waals surface area (Å²) < 4.78 is 0. The molecule has 2 aliphatic rings. The lowest BCUT2D eigenvalue weighted by Crippen LogP contribution is -2.52. The molecule has 0 N–H and O–H groups in total. The summed E-state index contributed by atoms with van der Waals surface area (Å²) in [6, 6.07) is 3.52. The summed E-state index contributed by atoms with van der Waals surface area (Å²) >= 11 is 0. The second-order valence-corrected chi connectivity index (χ2v) is 6.83. The van der Waals surface area contributed by atoms with Crippen LogP contribution in [0.15, 0.2) is 18.3 Å². The van der Waals surface area contributed by atoms with Gasteiger partial charge in [0.1, 0.15) is 12.0 Å². The molecule has 3 heterocycles. The van der Waals surface area contributed by atoms with Crippen LogP contribution in [0.2, 0.25) is 0 Å². The molecule has 2 saturated heterocycles. The first kappa shape index (κ1) is 17.6. The Kier molecular flexibility index (Phi) is 5.47. The summed E-state index contributed by atoms with van der Waals surface area (Å²) in [4.78, 5) is 33.3. The van der Waals surface area contributed by atoms with Crippen molar-refractivity contribution in [2.75, 3.05) is 44.2 Å². The molecule has 0 spiro atoms. The maximum atomic E-state index is 12.5. The van der Waals surface area contributed by atoms with Crippen molar-refractivity contribution < 1.29 is 9.72 Å². The third-order valence-corrected chi connectivity index (χ3v) is 5.12. The predicted molar refractivity (Wildman–Crippen MR) is 94.6 cm³/mol. The average Bonchev–Trinajstić information content (AvgIpc) is 2.63. The Bertz CT molecular complexity index is 613. The summed E-state index contributed by atoms with van der Waals surface area (Å²) in [6.07, 6.45) is 4.72. The molecule has 0 radical (unpaired) electrons. The van der Waals surface area contributed by atoms with E-state index in [1.54, 1.807) is 6.07 Å². The first-order valence-corrected chi connectivity index (χ1v) is 8.92. The Morgan fingerprint density at radius 3 is 2.60 bits per heavy atom. The van der Waals surface area contributed by atoms with E-state index < -0.39 is 4.92 Å². The highest BCUT2D eigenvalue weighted by molar-refractivity contribution is 5.78. The summed E-state index contributed by atoms with van der Waals surface area (Å²) in [5.41, 5.74) is 0.00336. The maximum absolute atomic E-state index is 12.5. The second-order valence-electron chi connectivity index (χ2n) is 6.83. The Labute approximate surface area is 147 Å². The topological polar surface area (TPSA) is 82.8 Å². The van der Waals surface area contributed by atoms with Crippen LogP contribution in [-0.4, -0.2) is 70.9 Å². The van der Waals surface area contributed by atoms with Gasteiger partial charge in [-0.25, -0.2) is 4.98 Å². The molecule has 1 amide bonds. The normalized spacial score (nSPS) is 22.0. The molecule has 0 aliphatic carbocycles. The van der Waals surface area contributed by atoms with Crippen molar-refractivity contribution in [2.45, 2.75) is 32.2 Å². The number of piperazine rings is 1. The summed E-state index contributed by atoms with van der Waals surface area (Å²) in [6.45, 7) is 6.63. The highest BCUT2D eigenvalue weighted by Crippen LogP contribution is 2.19. The van der Waals surface area contributed by atoms with E-state index in [9.17, 15) is 14.9 Å². The zero-order chi connectivity index (χ0) is 17.8. The van der Waals surface area contributed by atoms with E-state index >= 15 is 0 Å². The highest BCUT2D eigenvalue weighted by Gasteiger charge is 2.26. The molecule has 0 saturated carbocycles. The smallest absolute Gasteiger partial charge is 0.287 e. The van der Waals surface area contributed by atoms with Gasteiger partial charge < -0.3 is 9.80 Å². The van der Waals surface area contributed by atoms with Crippen LogP contribution in [0.25, 0.3) is 0 Å². The maximum Gasteiger partial charge on any atom is 0.287 e. The molecular formula is C17H25N5O3. The SMILES string of the molecule is CC1CCCCN1C(=O)CN1CCN(c2ccc([N+](=O)[O-])cn2)CC1. The van der Waals surface area contributed by atoms with E-state index in [0.717, 1.165) is 51.4 Å². The molecule has 1 atom stereocenters. The minimum atomic E-state index is -0.443. The van der Waals surface area contributed by atoms with Crippen LogP contribution in [0, 0.1) is 10.1 Å². The highest BCUT2D eigenvalue weighted by atomic mass is 16.6. The van der Waals surface area contributed by atoms with E-state index in [0.29, 0.717) is 12.6 Å². The summed E-state index contributed by atoms with van der Waals surface area (Å²) in [5.74, 6) is 0.982. The third kappa shape index (κ3) is 4.25. The fourth-order valence-electron chi connectivity index (χ4n) is 3.56. The van der Waals surface area contributed by atoms with Crippen LogP contribution in [-0.2, 0) is 4.79 Å². The second kappa shape index (κ2) is 7.77. The third-order valence-electron chi connectivity index (χ3n) is 5.12. The van der Waals surface area contributed by atoms with Gasteiger partial charge in [-0.2, -0.15) is 0 Å². The predicted octanol–water partition coefficient (Wildman–Crippen LogP) is 1.51. The van der Waals surface area contributed by atoms with Crippen LogP contribution in [0.3, 0.4) is 0 Å². The number of pyridine rings is 1. The first-order chi connectivity index (χ1) is 12.0. The quantitative estimate of drug-likeness (QED) is 0.606. The van der Waals surface area contributed by atoms with Crippen LogP contribution in [0.1, 0.15) is 26.2 Å². The molecule has 2 fully saturated rings. The van der Waals surface area contributed by atoms with Crippen molar-refractivity contribution in [2.24, 2.45) is 0 Å². The molecule has 1 unspecified atom stereocenters. The molecule has 0 aromatic carbocycles. The van der Waals surface area contributed by atoms with E-state index in [4.69, 9.17) is 0 Å². The number of carbonyl (C=O) groups is 1. The number of rotatable bonds is 4. The number of nitro groups is 1. The van der Waals surface area contributed by atoms with Gasteiger partial charge in [-0.3, -0.25) is 19.8 Å². The summed E-state index contributed by atoms with van der Waals surface area (Å²) in [7, 11) is 0. The van der Waals surface area contributed by atoms with Gasteiger partial charge in [-0.1, -0.05) is 0 Å². The molecule has 8 heteroatoms. The summed E-state index contributed by atoms with van der Waals surface area (Å²) in [5, 5.41) is 10.7. The molecule has 8 nitrogen and oxygen atoms in total. The largest absolute Gasteiger partial charge is 0.354 e. The number of aromatic nitrogens is 1. The van der Waals surface area contributed by atoms with Crippen LogP contribution in [0.4, 0.5) is 11.5 Å². The van der Waals surface area contributed by atoms with E-state index in [1.807, 2.05) is 4.90 Å². The van der Waals surface area contributed by atoms with Gasteiger partial charge in [0.2, 0.25) is 5.91 Å². The molecule has 2 aliphatic heterocycles. The van der Waals surface area contributed by atoms with Crippen molar-refractivity contribution in [1.29, 1.82) is 0 Å². The number of likely N-dealkylation sites (tertiary alicyclic amines) is 1. The number of hydrogen-bond acceptors (Lipinski definition) is 6. The van der Waals surface area contributed by atoms with Gasteiger partial charge in [0.25, 0.3) is 5.69 Å². The number of hydrogen-bond donors (Lipinski definition) is 0. The number of anilines is 1. The molecule has 25 heavy (non-hydrogen) atoms. The zero-order valence-electron chi connectivity index (χ0n) is 14.6. The van der Waals surface area contributed by atoms with Gasteiger partial charge in [0.05, 0.1) is 11.5 Å². The zero-order valence-corrected chi connectivity index (χ0v) is 14.6. The lowest BCUT2D eigenvalue weighted by Gasteiger charge is -2.38.